The summed E-state index contributed by atoms with van der Waals surface area (Å²) in [4.78, 5) is -0.0559. The van der Waals surface area contributed by atoms with Gasteiger partial charge in [-0.25, -0.2) is 13.1 Å². The molecular formula is C8H10Cl2N2O2S. The molecule has 15 heavy (non-hydrogen) atoms. The Hall–Kier alpha value is -0.330. The van der Waals surface area contributed by atoms with Gasteiger partial charge < -0.3 is 5.73 Å². The molecule has 0 unspecified atom stereocenters. The summed E-state index contributed by atoms with van der Waals surface area (Å²) in [5, 5.41) is 0.393. The Bertz CT molecular complexity index is 474. The molecule has 0 saturated heterocycles. The topological polar surface area (TPSA) is 72.2 Å². The summed E-state index contributed by atoms with van der Waals surface area (Å²) in [7, 11) is -2.31. The van der Waals surface area contributed by atoms with Crippen molar-refractivity contribution in [2.24, 2.45) is 5.73 Å². The van der Waals surface area contributed by atoms with E-state index in [4.69, 9.17) is 28.9 Å². The minimum atomic E-state index is -3.61. The molecule has 0 amide bonds. The molecule has 3 N–H and O–H groups in total. The Morgan fingerprint density at radius 1 is 1.40 bits per heavy atom. The fraction of sp³-hybridized carbons (Fsp3) is 0.250. The van der Waals surface area contributed by atoms with E-state index >= 15 is 0 Å². The average Bonchev–Trinajstić information content (AvgIpc) is 2.20. The number of benzene rings is 1. The zero-order valence-electron chi connectivity index (χ0n) is 7.92. The van der Waals surface area contributed by atoms with Crippen LogP contribution in [0.1, 0.15) is 5.56 Å². The van der Waals surface area contributed by atoms with Crippen LogP contribution in [0, 0.1) is 0 Å². The maximum absolute atomic E-state index is 11.5. The van der Waals surface area contributed by atoms with Gasteiger partial charge in [0, 0.05) is 11.6 Å². The Kier molecular flexibility index (Phi) is 3.97. The summed E-state index contributed by atoms with van der Waals surface area (Å²) in [5.41, 5.74) is 5.91. The first-order chi connectivity index (χ1) is 6.92. The predicted octanol–water partition coefficient (Wildman–Crippen LogP) is 1.36. The SMILES string of the molecule is CNS(=O)(=O)c1cc(Cl)cc(CN)c1Cl. The van der Waals surface area contributed by atoms with Crippen molar-refractivity contribution in [2.45, 2.75) is 11.4 Å². The molecule has 7 heteroatoms. The average molecular weight is 269 g/mol. The lowest BCUT2D eigenvalue weighted by molar-refractivity contribution is 0.588. The summed E-state index contributed by atoms with van der Waals surface area (Å²) in [6.07, 6.45) is 0. The minimum absolute atomic E-state index is 0.0559. The molecule has 84 valence electrons. The van der Waals surface area contributed by atoms with Crippen LogP contribution in [-0.4, -0.2) is 15.5 Å². The van der Waals surface area contributed by atoms with Gasteiger partial charge in [0.1, 0.15) is 4.90 Å². The van der Waals surface area contributed by atoms with Gasteiger partial charge in [0.2, 0.25) is 10.0 Å². The van der Waals surface area contributed by atoms with E-state index < -0.39 is 10.0 Å². The van der Waals surface area contributed by atoms with Gasteiger partial charge in [-0.05, 0) is 24.7 Å². The second kappa shape index (κ2) is 4.67. The molecule has 4 nitrogen and oxygen atoms in total. The van der Waals surface area contributed by atoms with Crippen LogP contribution in [0.25, 0.3) is 0 Å². The molecular weight excluding hydrogens is 259 g/mol. The molecule has 0 atom stereocenters. The van der Waals surface area contributed by atoms with Gasteiger partial charge in [-0.15, -0.1) is 0 Å². The van der Waals surface area contributed by atoms with Gasteiger partial charge in [-0.3, -0.25) is 0 Å². The molecule has 1 aromatic carbocycles. The molecule has 0 fully saturated rings. The molecule has 1 rings (SSSR count). The Balaban J connectivity index is 3.49. The minimum Gasteiger partial charge on any atom is -0.326 e. The molecule has 0 spiro atoms. The van der Waals surface area contributed by atoms with E-state index in [1.165, 1.54) is 13.1 Å². The van der Waals surface area contributed by atoms with Gasteiger partial charge in [0.15, 0.2) is 0 Å². The van der Waals surface area contributed by atoms with Crippen LogP contribution in [0.5, 0.6) is 0 Å². The van der Waals surface area contributed by atoms with E-state index in [0.29, 0.717) is 5.56 Å². The number of hydrogen-bond donors (Lipinski definition) is 2. The zero-order valence-corrected chi connectivity index (χ0v) is 10.2. The molecule has 0 bridgehead atoms. The highest BCUT2D eigenvalue weighted by Gasteiger charge is 2.18. The van der Waals surface area contributed by atoms with Crippen LogP contribution in [0.2, 0.25) is 10.0 Å². The summed E-state index contributed by atoms with van der Waals surface area (Å²) < 4.78 is 25.3. The second-order valence-electron chi connectivity index (χ2n) is 2.79. The molecule has 0 aromatic heterocycles. The predicted molar refractivity (Wildman–Crippen MR) is 60.6 cm³/mol. The van der Waals surface area contributed by atoms with Crippen LogP contribution >= 0.6 is 23.2 Å². The first-order valence-electron chi connectivity index (χ1n) is 4.04. The maximum Gasteiger partial charge on any atom is 0.241 e. The Labute approximate surface area is 98.4 Å². The summed E-state index contributed by atoms with van der Waals surface area (Å²) >= 11 is 11.6. The molecule has 0 heterocycles. The molecule has 1 aromatic rings. The van der Waals surface area contributed by atoms with E-state index in [-0.39, 0.29) is 21.5 Å². The summed E-state index contributed by atoms with van der Waals surface area (Å²) in [6.45, 7) is 0.131. The van der Waals surface area contributed by atoms with Crippen LogP contribution in [0.4, 0.5) is 0 Å². The highest BCUT2D eigenvalue weighted by atomic mass is 35.5. The fourth-order valence-corrected chi connectivity index (χ4v) is 2.74. The lowest BCUT2D eigenvalue weighted by atomic mass is 10.2. The van der Waals surface area contributed by atoms with E-state index in [1.807, 2.05) is 0 Å². The van der Waals surface area contributed by atoms with Gasteiger partial charge >= 0.3 is 0 Å². The smallest absolute Gasteiger partial charge is 0.241 e. The van der Waals surface area contributed by atoms with E-state index in [9.17, 15) is 8.42 Å². The largest absolute Gasteiger partial charge is 0.326 e. The van der Waals surface area contributed by atoms with Gasteiger partial charge in [0.25, 0.3) is 0 Å². The quantitative estimate of drug-likeness (QED) is 0.870. The van der Waals surface area contributed by atoms with Gasteiger partial charge in [-0.2, -0.15) is 0 Å². The number of nitrogens with two attached hydrogens (primary N) is 1. The van der Waals surface area contributed by atoms with E-state index in [2.05, 4.69) is 4.72 Å². The van der Waals surface area contributed by atoms with Crippen LogP contribution in [0.15, 0.2) is 17.0 Å². The van der Waals surface area contributed by atoms with Crippen molar-refractivity contribution in [3.8, 4) is 0 Å². The van der Waals surface area contributed by atoms with Crippen molar-refractivity contribution in [3.05, 3.63) is 27.7 Å². The van der Waals surface area contributed by atoms with Gasteiger partial charge in [0.05, 0.1) is 5.02 Å². The molecule has 0 saturated carbocycles. The lowest BCUT2D eigenvalue weighted by Gasteiger charge is -2.09. The van der Waals surface area contributed by atoms with Gasteiger partial charge in [-0.1, -0.05) is 23.2 Å². The van der Waals surface area contributed by atoms with E-state index in [0.717, 1.165) is 0 Å². The lowest BCUT2D eigenvalue weighted by Crippen LogP contribution is -2.19. The molecule has 0 aliphatic rings. The molecule has 0 radical (unpaired) electrons. The first kappa shape index (κ1) is 12.7. The summed E-state index contributed by atoms with van der Waals surface area (Å²) in [5.74, 6) is 0. The van der Waals surface area contributed by atoms with Crippen molar-refractivity contribution in [1.29, 1.82) is 0 Å². The number of nitrogens with one attached hydrogen (secondary N) is 1. The third kappa shape index (κ3) is 2.62. The molecule has 0 aliphatic heterocycles. The highest BCUT2D eigenvalue weighted by molar-refractivity contribution is 7.89. The van der Waals surface area contributed by atoms with Crippen molar-refractivity contribution in [2.75, 3.05) is 7.05 Å². The van der Waals surface area contributed by atoms with E-state index in [1.54, 1.807) is 6.07 Å². The number of halogens is 2. The number of hydrogen-bond acceptors (Lipinski definition) is 3. The normalized spacial score (nSPS) is 11.7. The molecule has 0 aliphatic carbocycles. The van der Waals surface area contributed by atoms with Crippen LogP contribution < -0.4 is 10.5 Å². The van der Waals surface area contributed by atoms with Crippen molar-refractivity contribution in [1.82, 2.24) is 4.72 Å². The first-order valence-corrected chi connectivity index (χ1v) is 6.28. The second-order valence-corrected chi connectivity index (χ2v) is 5.46. The van der Waals surface area contributed by atoms with Crippen molar-refractivity contribution >= 4 is 33.2 Å². The van der Waals surface area contributed by atoms with Crippen molar-refractivity contribution in [3.63, 3.8) is 0 Å². The number of sulfonamides is 1. The van der Waals surface area contributed by atoms with Crippen LogP contribution in [0.3, 0.4) is 0 Å². The maximum atomic E-state index is 11.5. The highest BCUT2D eigenvalue weighted by Crippen LogP contribution is 2.28. The third-order valence-corrected chi connectivity index (χ3v) is 4.07. The Morgan fingerprint density at radius 3 is 2.47 bits per heavy atom. The fourth-order valence-electron chi connectivity index (χ4n) is 1.07. The van der Waals surface area contributed by atoms with Crippen molar-refractivity contribution < 1.29 is 8.42 Å². The zero-order chi connectivity index (χ0) is 11.6. The third-order valence-electron chi connectivity index (χ3n) is 1.86. The monoisotopic (exact) mass is 268 g/mol. The summed E-state index contributed by atoms with van der Waals surface area (Å²) in [6, 6.07) is 2.83. The standard InChI is InChI=1S/C8H10Cl2N2O2S/c1-12-15(13,14)7-3-6(9)2-5(4-11)8(7)10/h2-3,12H,4,11H2,1H3. The Morgan fingerprint density at radius 2 is 2.00 bits per heavy atom. The van der Waals surface area contributed by atoms with Crippen LogP contribution in [-0.2, 0) is 16.6 Å². The number of rotatable bonds is 3.